The third-order valence-corrected chi connectivity index (χ3v) is 6.34. The molecule has 1 saturated carbocycles. The molecule has 1 N–H and O–H groups in total. The van der Waals surface area contributed by atoms with E-state index in [4.69, 9.17) is 0 Å². The molecule has 0 bridgehead atoms. The number of anilines is 1. The van der Waals surface area contributed by atoms with Gasteiger partial charge in [-0.25, -0.2) is 0 Å². The maximum atomic E-state index is 12.6. The Kier molecular flexibility index (Phi) is 6.13. The number of carbonyl (C=O) groups is 1. The van der Waals surface area contributed by atoms with Crippen molar-refractivity contribution in [3.63, 3.8) is 0 Å². The molecule has 2 aliphatic rings. The van der Waals surface area contributed by atoms with Crippen molar-refractivity contribution in [1.82, 2.24) is 5.32 Å². The first-order valence-electron chi connectivity index (χ1n) is 10.7. The van der Waals surface area contributed by atoms with E-state index in [-0.39, 0.29) is 23.1 Å². The Hall–Kier alpha value is -2.28. The first kappa shape index (κ1) is 20.5. The van der Waals surface area contributed by atoms with Crippen molar-refractivity contribution in [2.75, 3.05) is 11.4 Å². The smallest absolute Gasteiger partial charge is 0.262 e. The van der Waals surface area contributed by atoms with E-state index >= 15 is 0 Å². The lowest BCUT2D eigenvalue weighted by atomic mass is 9.79. The van der Waals surface area contributed by atoms with Gasteiger partial charge in [0.15, 0.2) is 0 Å². The molecule has 150 valence electrons. The number of amides is 1. The van der Waals surface area contributed by atoms with Crippen molar-refractivity contribution >= 4 is 17.7 Å². The molecule has 1 heterocycles. The highest BCUT2D eigenvalue weighted by Crippen LogP contribution is 2.43. The van der Waals surface area contributed by atoms with Gasteiger partial charge in [-0.05, 0) is 75.3 Å². The predicted molar refractivity (Wildman–Crippen MR) is 115 cm³/mol. The molecule has 1 aliphatic heterocycles. The number of hydrogen-bond donors (Lipinski definition) is 1. The second-order valence-electron chi connectivity index (χ2n) is 8.96. The van der Waals surface area contributed by atoms with E-state index in [2.05, 4.69) is 56.1 Å². The summed E-state index contributed by atoms with van der Waals surface area (Å²) >= 11 is 0. The molecule has 1 atom stereocenters. The number of hydrogen-bond acceptors (Lipinski definition) is 3. The van der Waals surface area contributed by atoms with Crippen LogP contribution in [0.2, 0.25) is 0 Å². The van der Waals surface area contributed by atoms with Crippen molar-refractivity contribution < 1.29 is 4.79 Å². The van der Waals surface area contributed by atoms with Gasteiger partial charge in [-0.3, -0.25) is 4.79 Å². The summed E-state index contributed by atoms with van der Waals surface area (Å²) in [6.07, 6.45) is 8.42. The van der Waals surface area contributed by atoms with Crippen molar-refractivity contribution in [2.24, 2.45) is 0 Å². The fourth-order valence-corrected chi connectivity index (χ4v) is 5.02. The zero-order chi connectivity index (χ0) is 20.3. The van der Waals surface area contributed by atoms with Crippen LogP contribution in [0.1, 0.15) is 83.3 Å². The van der Waals surface area contributed by atoms with Gasteiger partial charge >= 0.3 is 0 Å². The third kappa shape index (κ3) is 4.24. The van der Waals surface area contributed by atoms with Crippen LogP contribution in [0.25, 0.3) is 6.08 Å². The van der Waals surface area contributed by atoms with Gasteiger partial charge in [0.05, 0.1) is 0 Å². The summed E-state index contributed by atoms with van der Waals surface area (Å²) in [4.78, 5) is 15.0. The van der Waals surface area contributed by atoms with Crippen LogP contribution in [0, 0.1) is 11.3 Å². The third-order valence-electron chi connectivity index (χ3n) is 6.34. The number of nitriles is 1. The molecule has 4 heteroatoms. The SMILES string of the molecule is CCN1c2ccc(/C=C(/C#N)C(=O)NC3CCCCC3)cc2[C@H](C)CC1(C)C. The first-order chi connectivity index (χ1) is 13.4. The van der Waals surface area contributed by atoms with Gasteiger partial charge in [0.25, 0.3) is 5.91 Å². The quantitative estimate of drug-likeness (QED) is 0.581. The van der Waals surface area contributed by atoms with Gasteiger partial charge in [0.2, 0.25) is 0 Å². The van der Waals surface area contributed by atoms with Crippen LogP contribution in [-0.2, 0) is 4.79 Å². The fraction of sp³-hybridized carbons (Fsp3) is 0.583. The normalized spacial score (nSPS) is 22.3. The van der Waals surface area contributed by atoms with E-state index in [0.29, 0.717) is 5.92 Å². The minimum atomic E-state index is -0.239. The Morgan fingerprint density at radius 3 is 2.68 bits per heavy atom. The molecule has 1 aromatic carbocycles. The van der Waals surface area contributed by atoms with Gasteiger partial charge < -0.3 is 10.2 Å². The summed E-state index contributed by atoms with van der Waals surface area (Å²) in [5.41, 5.74) is 3.84. The van der Waals surface area contributed by atoms with Crippen LogP contribution in [-0.4, -0.2) is 24.0 Å². The first-order valence-corrected chi connectivity index (χ1v) is 10.7. The highest BCUT2D eigenvalue weighted by atomic mass is 16.1. The molecular formula is C24H33N3O. The lowest BCUT2D eigenvalue weighted by molar-refractivity contribution is -0.117. The topological polar surface area (TPSA) is 56.1 Å². The lowest BCUT2D eigenvalue weighted by Crippen LogP contribution is -2.48. The van der Waals surface area contributed by atoms with Crippen LogP contribution in [0.3, 0.4) is 0 Å². The van der Waals surface area contributed by atoms with Crippen LogP contribution in [0.15, 0.2) is 23.8 Å². The number of rotatable bonds is 4. The molecule has 0 radical (unpaired) electrons. The summed E-state index contributed by atoms with van der Waals surface area (Å²) < 4.78 is 0. The lowest BCUT2D eigenvalue weighted by Gasteiger charge is -2.47. The Bertz CT molecular complexity index is 797. The standard InChI is InChI=1S/C24H33N3O/c1-5-27-22-12-11-18(14-21(22)17(2)15-24(27,3)4)13-19(16-25)23(28)26-20-9-7-6-8-10-20/h11-14,17,20H,5-10,15H2,1-4H3,(H,26,28)/b19-13-/t17-/m1/s1. The average molecular weight is 380 g/mol. The summed E-state index contributed by atoms with van der Waals surface area (Å²) in [5, 5.41) is 12.6. The van der Waals surface area contributed by atoms with Crippen LogP contribution >= 0.6 is 0 Å². The number of nitrogens with one attached hydrogen (secondary N) is 1. The summed E-state index contributed by atoms with van der Waals surface area (Å²) in [6, 6.07) is 8.65. The zero-order valence-corrected chi connectivity index (χ0v) is 17.7. The van der Waals surface area contributed by atoms with Crippen molar-refractivity contribution in [2.45, 2.75) is 83.7 Å². The molecule has 0 spiro atoms. The minimum absolute atomic E-state index is 0.135. The Morgan fingerprint density at radius 1 is 1.32 bits per heavy atom. The predicted octanol–water partition coefficient (Wildman–Crippen LogP) is 5.15. The Balaban J connectivity index is 1.84. The van der Waals surface area contributed by atoms with Gasteiger partial charge in [0, 0.05) is 23.8 Å². The van der Waals surface area contributed by atoms with Gasteiger partial charge in [-0.2, -0.15) is 5.26 Å². The van der Waals surface area contributed by atoms with E-state index in [1.807, 2.05) is 6.07 Å². The summed E-state index contributed by atoms with van der Waals surface area (Å²) in [7, 11) is 0. The highest BCUT2D eigenvalue weighted by molar-refractivity contribution is 6.01. The Morgan fingerprint density at radius 2 is 2.04 bits per heavy atom. The molecule has 0 aromatic heterocycles. The van der Waals surface area contributed by atoms with Crippen molar-refractivity contribution in [3.05, 3.63) is 34.9 Å². The van der Waals surface area contributed by atoms with Crippen LogP contribution in [0.5, 0.6) is 0 Å². The average Bonchev–Trinajstić information content (AvgIpc) is 2.66. The molecule has 28 heavy (non-hydrogen) atoms. The van der Waals surface area contributed by atoms with E-state index in [9.17, 15) is 10.1 Å². The zero-order valence-electron chi connectivity index (χ0n) is 17.7. The molecule has 1 amide bonds. The van der Waals surface area contributed by atoms with Crippen LogP contribution < -0.4 is 10.2 Å². The highest BCUT2D eigenvalue weighted by Gasteiger charge is 2.35. The number of benzene rings is 1. The van der Waals surface area contributed by atoms with E-state index in [1.54, 1.807) is 6.08 Å². The fourth-order valence-electron chi connectivity index (χ4n) is 5.02. The molecule has 0 unspecified atom stereocenters. The molecule has 1 aromatic rings. The van der Waals surface area contributed by atoms with Gasteiger partial charge in [-0.15, -0.1) is 0 Å². The molecular weight excluding hydrogens is 346 g/mol. The molecule has 1 fully saturated rings. The van der Waals surface area contributed by atoms with Gasteiger partial charge in [-0.1, -0.05) is 32.3 Å². The maximum Gasteiger partial charge on any atom is 0.262 e. The second kappa shape index (κ2) is 8.39. The second-order valence-corrected chi connectivity index (χ2v) is 8.96. The summed E-state index contributed by atoms with van der Waals surface area (Å²) in [6.45, 7) is 10.0. The molecule has 3 rings (SSSR count). The largest absolute Gasteiger partial charge is 0.366 e. The van der Waals surface area contributed by atoms with E-state index < -0.39 is 0 Å². The number of nitrogens with zero attached hydrogens (tertiary/aromatic N) is 2. The van der Waals surface area contributed by atoms with Crippen LogP contribution in [0.4, 0.5) is 5.69 Å². The molecule has 1 aliphatic carbocycles. The van der Waals surface area contributed by atoms with Crippen molar-refractivity contribution in [1.29, 1.82) is 5.26 Å². The Labute approximate surface area is 169 Å². The number of fused-ring (bicyclic) bond motifs is 1. The van der Waals surface area contributed by atoms with E-state index in [1.165, 1.54) is 17.7 Å². The van der Waals surface area contributed by atoms with Crippen molar-refractivity contribution in [3.8, 4) is 6.07 Å². The minimum Gasteiger partial charge on any atom is -0.366 e. The van der Waals surface area contributed by atoms with E-state index in [0.717, 1.165) is 44.2 Å². The number of carbonyl (C=O) groups excluding carboxylic acids is 1. The van der Waals surface area contributed by atoms with Gasteiger partial charge in [0.1, 0.15) is 11.6 Å². The molecule has 4 nitrogen and oxygen atoms in total. The molecule has 0 saturated heterocycles. The summed E-state index contributed by atoms with van der Waals surface area (Å²) in [5.74, 6) is 0.208. The maximum absolute atomic E-state index is 12.6. The monoisotopic (exact) mass is 379 g/mol.